The van der Waals surface area contributed by atoms with Crippen molar-refractivity contribution in [1.29, 1.82) is 0 Å². The summed E-state index contributed by atoms with van der Waals surface area (Å²) in [6.07, 6.45) is 0. The summed E-state index contributed by atoms with van der Waals surface area (Å²) in [4.78, 5) is 41.4. The first-order valence-electron chi connectivity index (χ1n) is 8.53. The largest absolute Gasteiger partial charge is 0.492 e. The summed E-state index contributed by atoms with van der Waals surface area (Å²) in [6, 6.07) is 10.8. The molecule has 1 aliphatic rings. The Morgan fingerprint density at radius 3 is 2.56 bits per heavy atom. The Morgan fingerprint density at radius 1 is 1.07 bits per heavy atom. The molecule has 8 heteroatoms. The summed E-state index contributed by atoms with van der Waals surface area (Å²) >= 11 is 1.44. The molecule has 2 aromatic rings. The van der Waals surface area contributed by atoms with Crippen LogP contribution < -0.4 is 4.74 Å². The molecule has 4 amide bonds. The number of imide groups is 2. The van der Waals surface area contributed by atoms with Gasteiger partial charge in [0.1, 0.15) is 12.4 Å². The van der Waals surface area contributed by atoms with E-state index in [1.54, 1.807) is 11.9 Å². The van der Waals surface area contributed by atoms with E-state index in [9.17, 15) is 14.4 Å². The number of rotatable bonds is 8. The molecule has 0 aliphatic carbocycles. The maximum absolute atomic E-state index is 12.5. The first-order valence-corrected chi connectivity index (χ1v) is 9.41. The van der Waals surface area contributed by atoms with E-state index in [4.69, 9.17) is 4.74 Å². The first kappa shape index (κ1) is 19.1. The average Bonchev–Trinajstić information content (AvgIpc) is 3.21. The average molecular weight is 387 g/mol. The SMILES string of the molecule is Cc1cccc(OCCN(C)CN2C(=O)C(=O)N(Cc3cccs3)C2=O)c1. The number of urea groups is 1. The molecule has 1 aromatic carbocycles. The highest BCUT2D eigenvalue weighted by Crippen LogP contribution is 2.19. The van der Waals surface area contributed by atoms with Crippen molar-refractivity contribution in [3.05, 3.63) is 52.2 Å². The predicted octanol–water partition coefficient (Wildman–Crippen LogP) is 2.32. The molecule has 3 rings (SSSR count). The van der Waals surface area contributed by atoms with E-state index in [2.05, 4.69) is 0 Å². The number of thiophene rings is 1. The second-order valence-electron chi connectivity index (χ2n) is 6.37. The highest BCUT2D eigenvalue weighted by molar-refractivity contribution is 7.09. The molecule has 0 radical (unpaired) electrons. The second kappa shape index (κ2) is 8.32. The first-order chi connectivity index (χ1) is 13.0. The Kier molecular flexibility index (Phi) is 5.88. The van der Waals surface area contributed by atoms with Gasteiger partial charge in [-0.1, -0.05) is 18.2 Å². The van der Waals surface area contributed by atoms with Crippen LogP contribution in [-0.2, 0) is 16.1 Å². The van der Waals surface area contributed by atoms with Gasteiger partial charge in [0.25, 0.3) is 0 Å². The summed E-state index contributed by atoms with van der Waals surface area (Å²) in [6.45, 7) is 3.06. The van der Waals surface area contributed by atoms with Crippen molar-refractivity contribution in [2.75, 3.05) is 26.9 Å². The number of likely N-dealkylation sites (N-methyl/N-ethyl adjacent to an activating group) is 1. The van der Waals surface area contributed by atoms with E-state index in [0.29, 0.717) is 13.2 Å². The number of carbonyl (C=O) groups is 3. The summed E-state index contributed by atoms with van der Waals surface area (Å²) in [5.41, 5.74) is 1.11. The number of amides is 4. The third kappa shape index (κ3) is 4.53. The molecule has 1 aromatic heterocycles. The molecular formula is C19H21N3O4S. The smallest absolute Gasteiger partial charge is 0.335 e. The summed E-state index contributed by atoms with van der Waals surface area (Å²) in [5.74, 6) is -0.796. The molecule has 1 fully saturated rings. The molecule has 142 valence electrons. The number of nitrogens with zero attached hydrogens (tertiary/aromatic N) is 3. The standard InChI is InChI=1S/C19H21N3O4S/c1-14-5-3-6-15(11-14)26-9-8-20(2)13-22-18(24)17(23)21(19(22)25)12-16-7-4-10-27-16/h3-7,10-11H,8-9,12-13H2,1-2H3. The maximum Gasteiger partial charge on any atom is 0.335 e. The molecule has 0 atom stereocenters. The minimum Gasteiger partial charge on any atom is -0.492 e. The Labute approximate surface area is 161 Å². The number of carbonyl (C=O) groups excluding carboxylic acids is 3. The van der Waals surface area contributed by atoms with Crippen molar-refractivity contribution < 1.29 is 19.1 Å². The molecular weight excluding hydrogens is 366 g/mol. The van der Waals surface area contributed by atoms with E-state index < -0.39 is 17.8 Å². The van der Waals surface area contributed by atoms with Gasteiger partial charge in [0.05, 0.1) is 13.2 Å². The van der Waals surface area contributed by atoms with Gasteiger partial charge < -0.3 is 4.74 Å². The lowest BCUT2D eigenvalue weighted by Gasteiger charge is -2.22. The topological polar surface area (TPSA) is 70.2 Å². The van der Waals surface area contributed by atoms with Gasteiger partial charge in [-0.2, -0.15) is 0 Å². The zero-order chi connectivity index (χ0) is 19.4. The van der Waals surface area contributed by atoms with E-state index in [1.165, 1.54) is 11.3 Å². The van der Waals surface area contributed by atoms with Gasteiger partial charge in [-0.25, -0.2) is 9.69 Å². The third-order valence-electron chi connectivity index (χ3n) is 4.14. The van der Waals surface area contributed by atoms with Crippen LogP contribution in [0.3, 0.4) is 0 Å². The van der Waals surface area contributed by atoms with Crippen LogP contribution in [0, 0.1) is 6.92 Å². The Balaban J connectivity index is 1.52. The van der Waals surface area contributed by atoms with Gasteiger partial charge in [-0.05, 0) is 43.1 Å². The minimum absolute atomic E-state index is 0.0432. The zero-order valence-electron chi connectivity index (χ0n) is 15.3. The molecule has 1 aliphatic heterocycles. The summed E-state index contributed by atoms with van der Waals surface area (Å²) in [5, 5.41) is 1.86. The molecule has 0 N–H and O–H groups in total. The van der Waals surface area contributed by atoms with Crippen LogP contribution in [0.5, 0.6) is 5.75 Å². The molecule has 2 heterocycles. The van der Waals surface area contributed by atoms with E-state index in [0.717, 1.165) is 26.0 Å². The van der Waals surface area contributed by atoms with Crippen molar-refractivity contribution in [2.24, 2.45) is 0 Å². The van der Waals surface area contributed by atoms with Crippen molar-refractivity contribution in [1.82, 2.24) is 14.7 Å². The highest BCUT2D eigenvalue weighted by Gasteiger charge is 2.44. The maximum atomic E-state index is 12.5. The normalized spacial score (nSPS) is 14.6. The van der Waals surface area contributed by atoms with Gasteiger partial charge in [-0.3, -0.25) is 19.4 Å². The summed E-state index contributed by atoms with van der Waals surface area (Å²) in [7, 11) is 1.77. The van der Waals surface area contributed by atoms with Crippen LogP contribution >= 0.6 is 11.3 Å². The van der Waals surface area contributed by atoms with Crippen LogP contribution in [0.25, 0.3) is 0 Å². The number of ether oxygens (including phenoxy) is 1. The van der Waals surface area contributed by atoms with Gasteiger partial charge in [-0.15, -0.1) is 11.3 Å². The molecule has 27 heavy (non-hydrogen) atoms. The number of benzene rings is 1. The Hall–Kier alpha value is -2.71. The fourth-order valence-corrected chi connectivity index (χ4v) is 3.40. The lowest BCUT2D eigenvalue weighted by molar-refractivity contribution is -0.144. The van der Waals surface area contributed by atoms with Gasteiger partial charge >= 0.3 is 17.8 Å². The lowest BCUT2D eigenvalue weighted by atomic mass is 10.2. The van der Waals surface area contributed by atoms with Crippen LogP contribution in [-0.4, -0.2) is 59.4 Å². The van der Waals surface area contributed by atoms with Crippen molar-refractivity contribution in [2.45, 2.75) is 13.5 Å². The highest BCUT2D eigenvalue weighted by atomic mass is 32.1. The predicted molar refractivity (Wildman–Crippen MR) is 101 cm³/mol. The van der Waals surface area contributed by atoms with Gasteiger partial charge in [0, 0.05) is 11.4 Å². The molecule has 0 saturated carbocycles. The summed E-state index contributed by atoms with van der Waals surface area (Å²) < 4.78 is 5.68. The van der Waals surface area contributed by atoms with Crippen molar-refractivity contribution >= 4 is 29.2 Å². The molecule has 7 nitrogen and oxygen atoms in total. The van der Waals surface area contributed by atoms with Crippen LogP contribution in [0.15, 0.2) is 41.8 Å². The van der Waals surface area contributed by atoms with Gasteiger partial charge in [0.2, 0.25) is 0 Å². The third-order valence-corrected chi connectivity index (χ3v) is 5.00. The van der Waals surface area contributed by atoms with Crippen LogP contribution in [0.2, 0.25) is 0 Å². The lowest BCUT2D eigenvalue weighted by Crippen LogP contribution is -2.41. The fourth-order valence-electron chi connectivity index (χ4n) is 2.71. The zero-order valence-corrected chi connectivity index (χ0v) is 16.1. The second-order valence-corrected chi connectivity index (χ2v) is 7.40. The monoisotopic (exact) mass is 387 g/mol. The molecule has 0 unspecified atom stereocenters. The van der Waals surface area contributed by atoms with Crippen molar-refractivity contribution in [3.8, 4) is 5.75 Å². The van der Waals surface area contributed by atoms with Crippen molar-refractivity contribution in [3.63, 3.8) is 0 Å². The Morgan fingerprint density at radius 2 is 1.85 bits per heavy atom. The molecule has 0 bridgehead atoms. The van der Waals surface area contributed by atoms with E-state index >= 15 is 0 Å². The van der Waals surface area contributed by atoms with E-state index in [-0.39, 0.29) is 13.2 Å². The van der Waals surface area contributed by atoms with Crippen LogP contribution in [0.4, 0.5) is 4.79 Å². The quantitative estimate of drug-likeness (QED) is 0.514. The van der Waals surface area contributed by atoms with E-state index in [1.807, 2.05) is 48.7 Å². The molecule has 0 spiro atoms. The minimum atomic E-state index is -0.789. The number of hydrogen-bond donors (Lipinski definition) is 0. The van der Waals surface area contributed by atoms with Crippen LogP contribution in [0.1, 0.15) is 10.4 Å². The fraction of sp³-hybridized carbons (Fsp3) is 0.316. The van der Waals surface area contributed by atoms with Gasteiger partial charge in [0.15, 0.2) is 0 Å². The number of aryl methyl sites for hydroxylation is 1. The Bertz CT molecular complexity index is 837. The molecule has 1 saturated heterocycles. The number of hydrogen-bond acceptors (Lipinski definition) is 6.